The Hall–Kier alpha value is -2.63. The molecule has 1 unspecified atom stereocenters. The molecule has 29 heavy (non-hydrogen) atoms. The second-order valence-corrected chi connectivity index (χ2v) is 9.74. The summed E-state index contributed by atoms with van der Waals surface area (Å²) in [6.07, 6.45) is -0.287. The van der Waals surface area contributed by atoms with Crippen molar-refractivity contribution in [3.63, 3.8) is 0 Å². The number of piperidine rings is 1. The van der Waals surface area contributed by atoms with E-state index < -0.39 is 11.1 Å². The van der Waals surface area contributed by atoms with Gasteiger partial charge in [-0.15, -0.1) is 0 Å². The Balaban J connectivity index is 1.37. The number of likely N-dealkylation sites (tertiary alicyclic amines) is 1. The first-order chi connectivity index (χ1) is 13.5. The van der Waals surface area contributed by atoms with E-state index in [0.29, 0.717) is 13.1 Å². The van der Waals surface area contributed by atoms with Gasteiger partial charge in [-0.1, -0.05) is 24.3 Å². The molecule has 6 heteroatoms. The monoisotopic (exact) mass is 395 g/mol. The van der Waals surface area contributed by atoms with Crippen molar-refractivity contribution in [3.8, 4) is 0 Å². The maximum atomic E-state index is 12.9. The molecule has 2 fully saturated rings. The largest absolute Gasteiger partial charge is 0.444 e. The fraction of sp³-hybridized carbons (Fsp3) is 0.522. The van der Waals surface area contributed by atoms with Crippen LogP contribution in [-0.4, -0.2) is 40.6 Å². The molecule has 1 saturated heterocycles. The van der Waals surface area contributed by atoms with Crippen LogP contribution in [0.25, 0.3) is 10.9 Å². The number of hydrogen-bond acceptors (Lipinski definition) is 4. The SMILES string of the molecule is CC(C)(C)OC(=O)N1C[C@@H]2C(C(=O)NC(C)(C)c3ccc4ccccc4n3)[C@@H]2C1. The lowest BCUT2D eigenvalue weighted by atomic mass is 9.98. The molecule has 1 aromatic heterocycles. The molecule has 2 amide bonds. The van der Waals surface area contributed by atoms with Crippen molar-refractivity contribution in [2.45, 2.75) is 45.8 Å². The quantitative estimate of drug-likeness (QED) is 0.860. The van der Waals surface area contributed by atoms with E-state index >= 15 is 0 Å². The van der Waals surface area contributed by atoms with Crippen LogP contribution in [0, 0.1) is 17.8 Å². The summed E-state index contributed by atoms with van der Waals surface area (Å²) in [6, 6.07) is 12.0. The molecule has 0 radical (unpaired) electrons. The van der Waals surface area contributed by atoms with E-state index in [1.165, 1.54) is 0 Å². The minimum absolute atomic E-state index is 0.0339. The Kier molecular flexibility index (Phi) is 4.56. The zero-order valence-corrected chi connectivity index (χ0v) is 17.7. The number of ether oxygens (including phenoxy) is 1. The Labute approximate surface area is 171 Å². The van der Waals surface area contributed by atoms with E-state index in [0.717, 1.165) is 16.6 Å². The summed E-state index contributed by atoms with van der Waals surface area (Å²) >= 11 is 0. The van der Waals surface area contributed by atoms with Gasteiger partial charge in [0.05, 0.1) is 16.7 Å². The highest BCUT2D eigenvalue weighted by Gasteiger charge is 2.61. The van der Waals surface area contributed by atoms with Crippen LogP contribution in [0.15, 0.2) is 36.4 Å². The molecular formula is C23H29N3O3. The molecule has 1 aliphatic heterocycles. The van der Waals surface area contributed by atoms with Gasteiger partial charge in [0.25, 0.3) is 0 Å². The van der Waals surface area contributed by atoms with Gasteiger partial charge >= 0.3 is 6.09 Å². The number of carbonyl (C=O) groups excluding carboxylic acids is 2. The summed E-state index contributed by atoms with van der Waals surface area (Å²) in [5.74, 6) is 0.461. The lowest BCUT2D eigenvalue weighted by Gasteiger charge is -2.28. The molecule has 2 aliphatic rings. The highest BCUT2D eigenvalue weighted by Crippen LogP contribution is 2.52. The predicted molar refractivity (Wildman–Crippen MR) is 111 cm³/mol. The fourth-order valence-corrected chi connectivity index (χ4v) is 4.26. The molecule has 6 nitrogen and oxygen atoms in total. The number of amides is 2. The molecule has 3 atom stereocenters. The van der Waals surface area contributed by atoms with Crippen LogP contribution in [0.5, 0.6) is 0 Å². The number of hydrogen-bond donors (Lipinski definition) is 1. The standard InChI is InChI=1S/C23H29N3O3/c1-22(2,3)29-21(28)26-12-15-16(13-26)19(15)20(27)25-23(4,5)18-11-10-14-8-6-7-9-17(14)24-18/h6-11,15-16,19H,12-13H2,1-5H3,(H,25,27)/t15-,16+,19?. The zero-order chi connectivity index (χ0) is 21.0. The Morgan fingerprint density at radius 3 is 2.34 bits per heavy atom. The van der Waals surface area contributed by atoms with Gasteiger partial charge in [-0.2, -0.15) is 0 Å². The first-order valence-electron chi connectivity index (χ1n) is 10.2. The number of fused-ring (bicyclic) bond motifs is 2. The van der Waals surface area contributed by atoms with Crippen molar-refractivity contribution in [2.24, 2.45) is 17.8 Å². The predicted octanol–water partition coefficient (Wildman–Crippen LogP) is 3.70. The van der Waals surface area contributed by atoms with E-state index in [4.69, 9.17) is 9.72 Å². The number of rotatable bonds is 3. The van der Waals surface area contributed by atoms with Gasteiger partial charge in [0.15, 0.2) is 0 Å². The van der Waals surface area contributed by atoms with E-state index in [1.807, 2.05) is 71.0 Å². The molecule has 1 aromatic carbocycles. The van der Waals surface area contributed by atoms with Crippen LogP contribution in [-0.2, 0) is 15.1 Å². The van der Waals surface area contributed by atoms with Crippen LogP contribution in [0.2, 0.25) is 0 Å². The van der Waals surface area contributed by atoms with Crippen molar-refractivity contribution in [1.82, 2.24) is 15.2 Å². The van der Waals surface area contributed by atoms with E-state index in [2.05, 4.69) is 5.32 Å². The summed E-state index contributed by atoms with van der Waals surface area (Å²) in [6.45, 7) is 10.7. The van der Waals surface area contributed by atoms with Crippen molar-refractivity contribution in [2.75, 3.05) is 13.1 Å². The van der Waals surface area contributed by atoms with Crippen molar-refractivity contribution >= 4 is 22.9 Å². The molecule has 2 aromatic rings. The number of pyridine rings is 1. The summed E-state index contributed by atoms with van der Waals surface area (Å²) in [5, 5.41) is 4.25. The minimum atomic E-state index is -0.567. The average Bonchev–Trinajstić information content (AvgIpc) is 3.14. The summed E-state index contributed by atoms with van der Waals surface area (Å²) in [7, 11) is 0. The first-order valence-corrected chi connectivity index (χ1v) is 10.2. The van der Waals surface area contributed by atoms with Gasteiger partial charge in [-0.3, -0.25) is 9.78 Å². The molecular weight excluding hydrogens is 366 g/mol. The maximum absolute atomic E-state index is 12.9. The number of aromatic nitrogens is 1. The number of benzene rings is 1. The highest BCUT2D eigenvalue weighted by molar-refractivity contribution is 5.84. The lowest BCUT2D eigenvalue weighted by molar-refractivity contribution is -0.125. The summed E-state index contributed by atoms with van der Waals surface area (Å²) in [4.78, 5) is 31.6. The summed E-state index contributed by atoms with van der Waals surface area (Å²) < 4.78 is 5.44. The third-order valence-electron chi connectivity index (χ3n) is 5.82. The van der Waals surface area contributed by atoms with Crippen LogP contribution in [0.3, 0.4) is 0 Å². The van der Waals surface area contributed by atoms with Crippen LogP contribution in [0.1, 0.15) is 40.3 Å². The van der Waals surface area contributed by atoms with E-state index in [1.54, 1.807) is 4.90 Å². The Morgan fingerprint density at radius 2 is 1.69 bits per heavy atom. The average molecular weight is 396 g/mol. The van der Waals surface area contributed by atoms with Crippen LogP contribution < -0.4 is 5.32 Å². The Bertz CT molecular complexity index is 951. The smallest absolute Gasteiger partial charge is 0.410 e. The van der Waals surface area contributed by atoms with Gasteiger partial charge in [-0.25, -0.2) is 4.79 Å². The molecule has 1 saturated carbocycles. The normalized spacial score (nSPS) is 23.6. The third kappa shape index (κ3) is 3.93. The number of carbonyl (C=O) groups is 2. The second kappa shape index (κ2) is 6.71. The molecule has 1 N–H and O–H groups in total. The topological polar surface area (TPSA) is 71.5 Å². The molecule has 4 rings (SSSR count). The van der Waals surface area contributed by atoms with E-state index in [-0.39, 0.29) is 29.8 Å². The van der Waals surface area contributed by atoms with E-state index in [9.17, 15) is 9.59 Å². The molecule has 2 heterocycles. The maximum Gasteiger partial charge on any atom is 0.410 e. The first kappa shape index (κ1) is 19.7. The minimum Gasteiger partial charge on any atom is -0.444 e. The van der Waals surface area contributed by atoms with Crippen molar-refractivity contribution in [3.05, 3.63) is 42.1 Å². The van der Waals surface area contributed by atoms with Gasteiger partial charge < -0.3 is 15.0 Å². The van der Waals surface area contributed by atoms with Crippen molar-refractivity contribution < 1.29 is 14.3 Å². The lowest BCUT2D eigenvalue weighted by Crippen LogP contribution is -2.44. The van der Waals surface area contributed by atoms with Gasteiger partial charge in [-0.05, 0) is 58.6 Å². The number of nitrogens with zero attached hydrogens (tertiary/aromatic N) is 2. The Morgan fingerprint density at radius 1 is 1.03 bits per heavy atom. The molecule has 154 valence electrons. The number of para-hydroxylation sites is 1. The molecule has 0 spiro atoms. The van der Waals surface area contributed by atoms with Crippen molar-refractivity contribution in [1.29, 1.82) is 0 Å². The fourth-order valence-electron chi connectivity index (χ4n) is 4.26. The second-order valence-electron chi connectivity index (χ2n) is 9.74. The third-order valence-corrected chi connectivity index (χ3v) is 5.82. The zero-order valence-electron chi connectivity index (χ0n) is 17.7. The number of nitrogens with one attached hydrogen (secondary N) is 1. The van der Waals surface area contributed by atoms with Gasteiger partial charge in [0.2, 0.25) is 5.91 Å². The van der Waals surface area contributed by atoms with Crippen LogP contribution in [0.4, 0.5) is 4.79 Å². The van der Waals surface area contributed by atoms with Crippen LogP contribution >= 0.6 is 0 Å². The highest BCUT2D eigenvalue weighted by atomic mass is 16.6. The van der Waals surface area contributed by atoms with Gasteiger partial charge in [0, 0.05) is 24.4 Å². The summed E-state index contributed by atoms with van der Waals surface area (Å²) in [5.41, 5.74) is 0.690. The van der Waals surface area contributed by atoms with Gasteiger partial charge in [0.1, 0.15) is 5.60 Å². The molecule has 1 aliphatic carbocycles. The molecule has 0 bridgehead atoms.